The minimum Gasteiger partial charge on any atom is -0.337 e. The van der Waals surface area contributed by atoms with E-state index in [0.29, 0.717) is 5.69 Å². The van der Waals surface area contributed by atoms with E-state index in [-0.39, 0.29) is 11.3 Å². The highest BCUT2D eigenvalue weighted by molar-refractivity contribution is 6.20. The first kappa shape index (κ1) is 12.4. The molecule has 17 heavy (non-hydrogen) atoms. The lowest BCUT2D eigenvalue weighted by atomic mass is 10.1. The van der Waals surface area contributed by atoms with Crippen molar-refractivity contribution in [2.24, 2.45) is 0 Å². The van der Waals surface area contributed by atoms with Gasteiger partial charge in [-0.1, -0.05) is 0 Å². The third kappa shape index (κ3) is 2.63. The lowest BCUT2D eigenvalue weighted by Crippen LogP contribution is -2.39. The fourth-order valence-corrected chi connectivity index (χ4v) is 2.37. The second-order valence-electron chi connectivity index (χ2n) is 4.45. The fraction of sp³-hybridized carbons (Fsp3) is 0.667. The van der Waals surface area contributed by atoms with Crippen LogP contribution in [0.4, 0.5) is 0 Å². The van der Waals surface area contributed by atoms with Crippen LogP contribution in [0.1, 0.15) is 35.9 Å². The molecule has 1 saturated heterocycles. The largest absolute Gasteiger partial charge is 0.337 e. The quantitative estimate of drug-likeness (QED) is 0.759. The van der Waals surface area contributed by atoms with E-state index in [1.54, 1.807) is 4.68 Å². The lowest BCUT2D eigenvalue weighted by molar-refractivity contribution is 0.0714. The normalized spacial score (nSPS) is 17.5. The van der Waals surface area contributed by atoms with E-state index < -0.39 is 0 Å². The summed E-state index contributed by atoms with van der Waals surface area (Å²) in [7, 11) is 0. The van der Waals surface area contributed by atoms with Gasteiger partial charge in [0.05, 0.1) is 5.69 Å². The molecule has 94 valence electrons. The van der Waals surface area contributed by atoms with Crippen LogP contribution in [-0.2, 0) is 6.54 Å². The van der Waals surface area contributed by atoms with Crippen molar-refractivity contribution in [3.05, 3.63) is 17.5 Å². The summed E-state index contributed by atoms with van der Waals surface area (Å²) < 4.78 is 1.77. The molecule has 0 aromatic carbocycles. The molecule has 0 N–H and O–H groups in total. The number of nitrogens with zero attached hydrogens (tertiary/aromatic N) is 3. The van der Waals surface area contributed by atoms with E-state index in [2.05, 4.69) is 5.10 Å². The van der Waals surface area contributed by atoms with Gasteiger partial charge in [0.15, 0.2) is 0 Å². The van der Waals surface area contributed by atoms with Crippen molar-refractivity contribution < 1.29 is 4.79 Å². The summed E-state index contributed by atoms with van der Waals surface area (Å²) in [4.78, 5) is 14.2. The Morgan fingerprint density at radius 2 is 2.18 bits per heavy atom. The maximum atomic E-state index is 12.3. The first-order valence-corrected chi connectivity index (χ1v) is 6.53. The summed E-state index contributed by atoms with van der Waals surface area (Å²) in [6, 6.07) is 1.86. The first-order chi connectivity index (χ1) is 8.11. The van der Waals surface area contributed by atoms with Crippen molar-refractivity contribution in [2.75, 3.05) is 13.1 Å². The van der Waals surface area contributed by atoms with E-state index >= 15 is 0 Å². The molecule has 5 heteroatoms. The van der Waals surface area contributed by atoms with Crippen LogP contribution in [0.3, 0.4) is 0 Å². The Hall–Kier alpha value is -1.03. The SMILES string of the molecule is CCn1nc(C)cc1C(=O)N1CCC(Cl)CC1. The molecule has 4 nitrogen and oxygen atoms in total. The number of amides is 1. The molecule has 0 aliphatic carbocycles. The smallest absolute Gasteiger partial charge is 0.272 e. The van der Waals surface area contributed by atoms with Gasteiger partial charge >= 0.3 is 0 Å². The molecule has 0 atom stereocenters. The Labute approximate surface area is 107 Å². The number of alkyl halides is 1. The van der Waals surface area contributed by atoms with Gasteiger partial charge in [0.1, 0.15) is 5.69 Å². The predicted octanol–water partition coefficient (Wildman–Crippen LogP) is 2.05. The number of carbonyl (C=O) groups is 1. The van der Waals surface area contributed by atoms with Crippen molar-refractivity contribution in [2.45, 2.75) is 38.6 Å². The summed E-state index contributed by atoms with van der Waals surface area (Å²) in [5.74, 6) is 0.0796. The molecule has 2 heterocycles. The third-order valence-corrected chi connectivity index (χ3v) is 3.57. The Kier molecular flexibility index (Phi) is 3.72. The second-order valence-corrected chi connectivity index (χ2v) is 5.07. The van der Waals surface area contributed by atoms with Crippen molar-refractivity contribution in [3.8, 4) is 0 Å². The molecule has 1 aromatic rings. The summed E-state index contributed by atoms with van der Waals surface area (Å²) in [6.45, 7) is 6.13. The van der Waals surface area contributed by atoms with Gasteiger partial charge in [0.2, 0.25) is 0 Å². The lowest BCUT2D eigenvalue weighted by Gasteiger charge is -2.29. The number of hydrogen-bond donors (Lipinski definition) is 0. The molecule has 0 bridgehead atoms. The average molecular weight is 256 g/mol. The van der Waals surface area contributed by atoms with Crippen LogP contribution < -0.4 is 0 Å². The Balaban J connectivity index is 2.13. The topological polar surface area (TPSA) is 38.1 Å². The zero-order valence-corrected chi connectivity index (χ0v) is 11.1. The Morgan fingerprint density at radius 1 is 1.53 bits per heavy atom. The minimum absolute atomic E-state index is 0.0796. The van der Waals surface area contributed by atoms with Crippen LogP contribution in [0.25, 0.3) is 0 Å². The van der Waals surface area contributed by atoms with Crippen LogP contribution in [0.2, 0.25) is 0 Å². The Bertz CT molecular complexity index is 408. The maximum Gasteiger partial charge on any atom is 0.272 e. The number of piperidine rings is 1. The van der Waals surface area contributed by atoms with Crippen molar-refractivity contribution >= 4 is 17.5 Å². The summed E-state index contributed by atoms with van der Waals surface area (Å²) in [5.41, 5.74) is 1.58. The number of aryl methyl sites for hydroxylation is 2. The van der Waals surface area contributed by atoms with Gasteiger partial charge in [-0.05, 0) is 32.8 Å². The van der Waals surface area contributed by atoms with Gasteiger partial charge in [0, 0.05) is 25.0 Å². The van der Waals surface area contributed by atoms with Crippen LogP contribution >= 0.6 is 11.6 Å². The van der Waals surface area contributed by atoms with Crippen LogP contribution in [0, 0.1) is 6.92 Å². The fourth-order valence-electron chi connectivity index (χ4n) is 2.17. The van der Waals surface area contributed by atoms with E-state index in [0.717, 1.165) is 38.2 Å². The highest BCUT2D eigenvalue weighted by atomic mass is 35.5. The Morgan fingerprint density at radius 3 is 2.76 bits per heavy atom. The highest BCUT2D eigenvalue weighted by Gasteiger charge is 2.24. The molecule has 1 aliphatic rings. The molecular formula is C12H18ClN3O. The van der Waals surface area contributed by atoms with Gasteiger partial charge in [-0.25, -0.2) is 0 Å². The van der Waals surface area contributed by atoms with Crippen molar-refractivity contribution in [1.29, 1.82) is 0 Å². The van der Waals surface area contributed by atoms with E-state index in [4.69, 9.17) is 11.6 Å². The first-order valence-electron chi connectivity index (χ1n) is 6.09. The molecule has 2 rings (SSSR count). The zero-order valence-electron chi connectivity index (χ0n) is 10.3. The van der Waals surface area contributed by atoms with Gasteiger partial charge in [-0.15, -0.1) is 11.6 Å². The van der Waals surface area contributed by atoms with Crippen LogP contribution in [0.15, 0.2) is 6.07 Å². The molecule has 1 aromatic heterocycles. The number of hydrogen-bond acceptors (Lipinski definition) is 2. The molecule has 1 amide bonds. The summed E-state index contributed by atoms with van der Waals surface area (Å²) >= 11 is 6.04. The predicted molar refractivity (Wildman–Crippen MR) is 67.4 cm³/mol. The molecule has 0 radical (unpaired) electrons. The average Bonchev–Trinajstić information content (AvgIpc) is 2.70. The number of carbonyl (C=O) groups excluding carboxylic acids is 1. The number of likely N-dealkylation sites (tertiary alicyclic amines) is 1. The molecule has 1 aliphatic heterocycles. The van der Waals surface area contributed by atoms with Crippen LogP contribution in [0.5, 0.6) is 0 Å². The van der Waals surface area contributed by atoms with Gasteiger partial charge in [0.25, 0.3) is 5.91 Å². The van der Waals surface area contributed by atoms with Gasteiger partial charge < -0.3 is 4.90 Å². The molecule has 0 unspecified atom stereocenters. The molecular weight excluding hydrogens is 238 g/mol. The number of aromatic nitrogens is 2. The number of halogens is 1. The van der Waals surface area contributed by atoms with Gasteiger partial charge in [-0.3, -0.25) is 9.48 Å². The summed E-state index contributed by atoms with van der Waals surface area (Å²) in [6.07, 6.45) is 1.76. The standard InChI is InChI=1S/C12H18ClN3O/c1-3-16-11(8-9(2)14-16)12(17)15-6-4-10(13)5-7-15/h8,10H,3-7H2,1-2H3. The molecule has 0 saturated carbocycles. The minimum atomic E-state index is 0.0796. The monoisotopic (exact) mass is 255 g/mol. The zero-order chi connectivity index (χ0) is 12.4. The second kappa shape index (κ2) is 5.08. The maximum absolute atomic E-state index is 12.3. The van der Waals surface area contributed by atoms with E-state index in [1.807, 2.05) is 24.8 Å². The van der Waals surface area contributed by atoms with Gasteiger partial charge in [-0.2, -0.15) is 5.10 Å². The third-order valence-electron chi connectivity index (χ3n) is 3.13. The van der Waals surface area contributed by atoms with Crippen molar-refractivity contribution in [3.63, 3.8) is 0 Å². The molecule has 0 spiro atoms. The molecule has 1 fully saturated rings. The highest BCUT2D eigenvalue weighted by Crippen LogP contribution is 2.18. The van der Waals surface area contributed by atoms with Crippen LogP contribution in [-0.4, -0.2) is 39.1 Å². The summed E-state index contributed by atoms with van der Waals surface area (Å²) in [5, 5.41) is 4.52. The van der Waals surface area contributed by atoms with E-state index in [1.165, 1.54) is 0 Å². The van der Waals surface area contributed by atoms with Crippen molar-refractivity contribution in [1.82, 2.24) is 14.7 Å². The van der Waals surface area contributed by atoms with E-state index in [9.17, 15) is 4.79 Å². The number of rotatable bonds is 2.